The van der Waals surface area contributed by atoms with Crippen LogP contribution in [0.15, 0.2) is 12.1 Å². The second kappa shape index (κ2) is 3.28. The van der Waals surface area contributed by atoms with Gasteiger partial charge in [-0.2, -0.15) is 5.26 Å². The van der Waals surface area contributed by atoms with E-state index in [1.807, 2.05) is 28.7 Å². The molecule has 0 fully saturated rings. The predicted molar refractivity (Wildman–Crippen MR) is 53.3 cm³/mol. The lowest BCUT2D eigenvalue weighted by molar-refractivity contribution is 1.46. The zero-order valence-electron chi connectivity index (χ0n) is 5.44. The summed E-state index contributed by atoms with van der Waals surface area (Å²) in [6.07, 6.45) is 0. The molecule has 0 spiro atoms. The van der Waals surface area contributed by atoms with Crippen LogP contribution in [0.25, 0.3) is 0 Å². The summed E-state index contributed by atoms with van der Waals surface area (Å²) in [5.74, 6) is 0. The standard InChI is InChI=1S/C7H4ClIN2/c8-5-1-4(3-10)6(9)2-7(5)11/h1-2H,11H2. The summed E-state index contributed by atoms with van der Waals surface area (Å²) >= 11 is 7.73. The van der Waals surface area contributed by atoms with Gasteiger partial charge in [0.2, 0.25) is 0 Å². The third-order valence-electron chi connectivity index (χ3n) is 1.21. The van der Waals surface area contributed by atoms with Crippen molar-refractivity contribution < 1.29 is 0 Å². The molecule has 0 radical (unpaired) electrons. The van der Waals surface area contributed by atoms with Crippen molar-refractivity contribution >= 4 is 39.9 Å². The van der Waals surface area contributed by atoms with Crippen LogP contribution < -0.4 is 5.73 Å². The van der Waals surface area contributed by atoms with Gasteiger partial charge in [0.25, 0.3) is 0 Å². The normalized spacial score (nSPS) is 9.18. The summed E-state index contributed by atoms with van der Waals surface area (Å²) in [6.45, 7) is 0. The molecule has 4 heteroatoms. The maximum atomic E-state index is 8.58. The highest BCUT2D eigenvalue weighted by Gasteiger charge is 2.02. The van der Waals surface area contributed by atoms with Gasteiger partial charge in [0.05, 0.1) is 16.3 Å². The fourth-order valence-electron chi connectivity index (χ4n) is 0.648. The summed E-state index contributed by atoms with van der Waals surface area (Å²) in [5.41, 5.74) is 6.57. The molecular formula is C7H4ClIN2. The maximum absolute atomic E-state index is 8.58. The Morgan fingerprint density at radius 2 is 2.18 bits per heavy atom. The van der Waals surface area contributed by atoms with Crippen LogP contribution in [-0.4, -0.2) is 0 Å². The SMILES string of the molecule is N#Cc1cc(Cl)c(N)cc1I. The zero-order valence-corrected chi connectivity index (χ0v) is 8.35. The van der Waals surface area contributed by atoms with Crippen LogP contribution in [-0.2, 0) is 0 Å². The van der Waals surface area contributed by atoms with Crippen LogP contribution in [0.3, 0.4) is 0 Å². The number of rotatable bonds is 0. The lowest BCUT2D eigenvalue weighted by Crippen LogP contribution is -1.89. The second-order valence-electron chi connectivity index (χ2n) is 1.97. The Hall–Kier alpha value is -0.470. The third-order valence-corrected chi connectivity index (χ3v) is 2.43. The average Bonchev–Trinajstić information content (AvgIpc) is 1.97. The van der Waals surface area contributed by atoms with E-state index in [1.54, 1.807) is 12.1 Å². The third kappa shape index (κ3) is 1.76. The lowest BCUT2D eigenvalue weighted by Gasteiger charge is -1.99. The van der Waals surface area contributed by atoms with Gasteiger partial charge in [0.1, 0.15) is 6.07 Å². The van der Waals surface area contributed by atoms with Crippen LogP contribution >= 0.6 is 34.2 Å². The molecule has 0 unspecified atom stereocenters. The molecule has 0 aliphatic rings. The van der Waals surface area contributed by atoms with Gasteiger partial charge in [-0.25, -0.2) is 0 Å². The van der Waals surface area contributed by atoms with Gasteiger partial charge < -0.3 is 5.73 Å². The second-order valence-corrected chi connectivity index (χ2v) is 3.53. The number of hydrogen-bond donors (Lipinski definition) is 1. The molecule has 0 aromatic heterocycles. The Balaban J connectivity index is 3.35. The van der Waals surface area contributed by atoms with E-state index in [1.165, 1.54) is 0 Å². The minimum absolute atomic E-state index is 0.432. The van der Waals surface area contributed by atoms with E-state index in [4.69, 9.17) is 22.6 Å². The molecule has 56 valence electrons. The molecule has 0 heterocycles. The summed E-state index contributed by atoms with van der Waals surface area (Å²) in [5, 5.41) is 9.01. The van der Waals surface area contributed by atoms with Gasteiger partial charge >= 0.3 is 0 Å². The predicted octanol–water partition coefficient (Wildman–Crippen LogP) is 2.40. The number of hydrogen-bond acceptors (Lipinski definition) is 2. The first kappa shape index (κ1) is 8.62. The van der Waals surface area contributed by atoms with Crippen molar-refractivity contribution in [3.05, 3.63) is 26.3 Å². The molecule has 1 aromatic carbocycles. The maximum Gasteiger partial charge on any atom is 0.100 e. The molecule has 2 N–H and O–H groups in total. The molecule has 1 aromatic rings. The number of benzene rings is 1. The zero-order chi connectivity index (χ0) is 8.43. The van der Waals surface area contributed by atoms with Crippen LogP contribution in [0.1, 0.15) is 5.56 Å². The van der Waals surface area contributed by atoms with Crippen molar-refractivity contribution in [2.75, 3.05) is 5.73 Å². The van der Waals surface area contributed by atoms with Gasteiger partial charge in [-0.15, -0.1) is 0 Å². The van der Waals surface area contributed by atoms with Crippen LogP contribution in [0.5, 0.6) is 0 Å². The fraction of sp³-hybridized carbons (Fsp3) is 0. The molecule has 0 atom stereocenters. The molecule has 0 saturated carbocycles. The van der Waals surface area contributed by atoms with E-state index >= 15 is 0 Å². The largest absolute Gasteiger partial charge is 0.397 e. The van der Waals surface area contributed by atoms with E-state index < -0.39 is 0 Å². The fourth-order valence-corrected chi connectivity index (χ4v) is 1.42. The van der Waals surface area contributed by atoms with Gasteiger partial charge in [-0.05, 0) is 34.7 Å². The summed E-state index contributed by atoms with van der Waals surface area (Å²) < 4.78 is 0.826. The van der Waals surface area contributed by atoms with Crippen LogP contribution in [0.4, 0.5) is 5.69 Å². The summed E-state index contributed by atoms with van der Waals surface area (Å²) in [4.78, 5) is 0. The first-order chi connectivity index (χ1) is 5.15. The highest BCUT2D eigenvalue weighted by Crippen LogP contribution is 2.23. The van der Waals surface area contributed by atoms with Gasteiger partial charge in [0, 0.05) is 3.57 Å². The van der Waals surface area contributed by atoms with E-state index in [-0.39, 0.29) is 0 Å². The van der Waals surface area contributed by atoms with E-state index in [9.17, 15) is 0 Å². The topological polar surface area (TPSA) is 49.8 Å². The van der Waals surface area contributed by atoms with Gasteiger partial charge in [0.15, 0.2) is 0 Å². The first-order valence-corrected chi connectivity index (χ1v) is 4.25. The molecular weight excluding hydrogens is 274 g/mol. The Labute approximate surface area is 83.1 Å². The Kier molecular flexibility index (Phi) is 2.58. The van der Waals surface area contributed by atoms with Crippen molar-refractivity contribution in [2.45, 2.75) is 0 Å². The van der Waals surface area contributed by atoms with E-state index in [0.717, 1.165) is 3.57 Å². The van der Waals surface area contributed by atoms with E-state index in [0.29, 0.717) is 16.3 Å². The average molecular weight is 278 g/mol. The number of nitrogens with two attached hydrogens (primary N) is 1. The number of anilines is 1. The van der Waals surface area contributed by atoms with Crippen molar-refractivity contribution in [3.63, 3.8) is 0 Å². The first-order valence-electron chi connectivity index (χ1n) is 2.79. The highest BCUT2D eigenvalue weighted by molar-refractivity contribution is 14.1. The Morgan fingerprint density at radius 3 is 2.73 bits per heavy atom. The number of nitriles is 1. The van der Waals surface area contributed by atoms with Gasteiger partial charge in [-0.1, -0.05) is 11.6 Å². The smallest absolute Gasteiger partial charge is 0.100 e. The monoisotopic (exact) mass is 278 g/mol. The molecule has 0 bridgehead atoms. The molecule has 0 aliphatic heterocycles. The van der Waals surface area contributed by atoms with Crippen molar-refractivity contribution in [3.8, 4) is 6.07 Å². The Bertz CT molecular complexity index is 330. The molecule has 2 nitrogen and oxygen atoms in total. The number of nitrogen functional groups attached to an aromatic ring is 1. The summed E-state index contributed by atoms with van der Waals surface area (Å²) in [7, 11) is 0. The summed E-state index contributed by atoms with van der Waals surface area (Å²) in [6, 6.07) is 5.27. The van der Waals surface area contributed by atoms with Crippen LogP contribution in [0, 0.1) is 14.9 Å². The molecule has 0 saturated heterocycles. The quantitative estimate of drug-likeness (QED) is 0.585. The Morgan fingerprint density at radius 1 is 1.55 bits per heavy atom. The minimum atomic E-state index is 0.432. The number of nitrogens with zero attached hydrogens (tertiary/aromatic N) is 1. The van der Waals surface area contributed by atoms with Crippen LogP contribution in [0.2, 0.25) is 5.02 Å². The van der Waals surface area contributed by atoms with Crippen molar-refractivity contribution in [2.24, 2.45) is 0 Å². The van der Waals surface area contributed by atoms with Gasteiger partial charge in [-0.3, -0.25) is 0 Å². The highest BCUT2D eigenvalue weighted by atomic mass is 127. The molecule has 0 amide bonds. The van der Waals surface area contributed by atoms with Crippen molar-refractivity contribution in [1.82, 2.24) is 0 Å². The molecule has 11 heavy (non-hydrogen) atoms. The minimum Gasteiger partial charge on any atom is -0.397 e. The number of halogens is 2. The molecule has 0 aliphatic carbocycles. The van der Waals surface area contributed by atoms with E-state index in [2.05, 4.69) is 0 Å². The molecule has 1 rings (SSSR count). The van der Waals surface area contributed by atoms with Crippen molar-refractivity contribution in [1.29, 1.82) is 5.26 Å². The lowest BCUT2D eigenvalue weighted by atomic mass is 10.2.